The Morgan fingerprint density at radius 1 is 0.913 bits per heavy atom. The number of rotatable bonds is 0. The summed E-state index contributed by atoms with van der Waals surface area (Å²) in [6.45, 7) is 0.0631. The second-order valence-electron chi connectivity index (χ2n) is 5.51. The van der Waals surface area contributed by atoms with Crippen LogP contribution in [0.15, 0.2) is 24.3 Å². The maximum atomic E-state index is 12.6. The monoisotopic (exact) mass is 316 g/mol. The van der Waals surface area contributed by atoms with E-state index in [9.17, 15) is 25.2 Å². The van der Waals surface area contributed by atoms with Gasteiger partial charge in [0.1, 0.15) is 22.8 Å². The standard InChI is InChI=1S/C16H12O7/c17-7-2-11(20)13-12(3-7)23-15-8-4-10(19)9(18)1-6(8)5-22-16(15)14(13)21/h1-4,15-20H,5H2/t15-,16+/m1/s1. The number of hydrogen-bond acceptors (Lipinski definition) is 7. The molecule has 23 heavy (non-hydrogen) atoms. The van der Waals surface area contributed by atoms with Gasteiger partial charge < -0.3 is 29.9 Å². The Hall–Kier alpha value is -2.93. The van der Waals surface area contributed by atoms with Crippen LogP contribution in [0, 0.1) is 0 Å². The molecule has 4 rings (SSSR count). The number of fused-ring (bicyclic) bond motifs is 4. The van der Waals surface area contributed by atoms with E-state index < -0.39 is 18.0 Å². The van der Waals surface area contributed by atoms with Crippen molar-refractivity contribution >= 4 is 5.78 Å². The third-order valence-electron chi connectivity index (χ3n) is 4.06. The van der Waals surface area contributed by atoms with E-state index in [0.29, 0.717) is 11.1 Å². The van der Waals surface area contributed by atoms with Gasteiger partial charge in [0.25, 0.3) is 0 Å². The molecule has 2 atom stereocenters. The van der Waals surface area contributed by atoms with Crippen LogP contribution < -0.4 is 4.74 Å². The molecule has 2 aromatic carbocycles. The summed E-state index contributed by atoms with van der Waals surface area (Å²) in [4.78, 5) is 12.6. The van der Waals surface area contributed by atoms with Gasteiger partial charge in [-0.15, -0.1) is 0 Å². The molecule has 2 aromatic rings. The van der Waals surface area contributed by atoms with Crippen molar-refractivity contribution < 1.29 is 34.7 Å². The molecular formula is C16H12O7. The molecule has 0 aliphatic carbocycles. The largest absolute Gasteiger partial charge is 0.508 e. The van der Waals surface area contributed by atoms with E-state index in [1.165, 1.54) is 18.2 Å². The Morgan fingerprint density at radius 2 is 1.65 bits per heavy atom. The van der Waals surface area contributed by atoms with E-state index in [0.717, 1.165) is 6.07 Å². The quantitative estimate of drug-likeness (QED) is 0.547. The van der Waals surface area contributed by atoms with Crippen LogP contribution in [-0.2, 0) is 11.3 Å². The SMILES string of the molecule is O=C1c2c(O)cc(O)cc2O[C@@H]2c3cc(O)c(O)cc3CO[C@@H]12. The number of aromatic hydroxyl groups is 4. The second kappa shape index (κ2) is 4.53. The minimum absolute atomic E-state index is 0.0396. The van der Waals surface area contributed by atoms with Crippen molar-refractivity contribution in [2.24, 2.45) is 0 Å². The fraction of sp³-hybridized carbons (Fsp3) is 0.188. The van der Waals surface area contributed by atoms with Crippen LogP contribution in [0.3, 0.4) is 0 Å². The zero-order valence-electron chi connectivity index (χ0n) is 11.7. The van der Waals surface area contributed by atoms with Gasteiger partial charge in [-0.3, -0.25) is 4.79 Å². The molecule has 7 nitrogen and oxygen atoms in total. The third kappa shape index (κ3) is 1.90. The summed E-state index contributed by atoms with van der Waals surface area (Å²) in [5.41, 5.74) is 1.05. The molecule has 0 unspecified atom stereocenters. The topological polar surface area (TPSA) is 116 Å². The van der Waals surface area contributed by atoms with Crippen LogP contribution in [0.25, 0.3) is 0 Å². The zero-order valence-corrected chi connectivity index (χ0v) is 11.7. The van der Waals surface area contributed by atoms with Crippen molar-refractivity contribution in [2.75, 3.05) is 0 Å². The van der Waals surface area contributed by atoms with Gasteiger partial charge in [0.15, 0.2) is 23.7 Å². The molecule has 0 saturated carbocycles. The lowest BCUT2D eigenvalue weighted by atomic mass is 9.88. The first kappa shape index (κ1) is 13.7. The number of phenolic OH excluding ortho intramolecular Hbond substituents is 4. The van der Waals surface area contributed by atoms with Crippen molar-refractivity contribution in [3.05, 3.63) is 41.0 Å². The molecule has 0 saturated heterocycles. The van der Waals surface area contributed by atoms with Crippen molar-refractivity contribution in [1.29, 1.82) is 0 Å². The van der Waals surface area contributed by atoms with E-state index in [4.69, 9.17) is 9.47 Å². The zero-order chi connectivity index (χ0) is 16.3. The van der Waals surface area contributed by atoms with Crippen LogP contribution in [0.1, 0.15) is 27.6 Å². The molecule has 0 radical (unpaired) electrons. The molecule has 7 heteroatoms. The highest BCUT2D eigenvalue weighted by atomic mass is 16.6. The minimum Gasteiger partial charge on any atom is -0.508 e. The lowest BCUT2D eigenvalue weighted by Gasteiger charge is -2.37. The van der Waals surface area contributed by atoms with Gasteiger partial charge in [-0.25, -0.2) is 0 Å². The normalized spacial score (nSPS) is 21.8. The smallest absolute Gasteiger partial charge is 0.203 e. The molecule has 0 bridgehead atoms. The molecule has 0 aromatic heterocycles. The maximum Gasteiger partial charge on any atom is 0.203 e. The van der Waals surface area contributed by atoms with Crippen LogP contribution in [0.5, 0.6) is 28.7 Å². The Morgan fingerprint density at radius 3 is 2.43 bits per heavy atom. The highest BCUT2D eigenvalue weighted by Gasteiger charge is 2.44. The first-order chi connectivity index (χ1) is 11.0. The van der Waals surface area contributed by atoms with Gasteiger partial charge in [0.05, 0.1) is 6.61 Å². The van der Waals surface area contributed by atoms with E-state index in [2.05, 4.69) is 0 Å². The van der Waals surface area contributed by atoms with Gasteiger partial charge in [0.2, 0.25) is 5.78 Å². The average molecular weight is 316 g/mol. The Bertz CT molecular complexity index is 843. The molecule has 2 aliphatic heterocycles. The number of hydrogen-bond donors (Lipinski definition) is 4. The van der Waals surface area contributed by atoms with E-state index >= 15 is 0 Å². The lowest BCUT2D eigenvalue weighted by molar-refractivity contribution is -0.0427. The summed E-state index contributed by atoms with van der Waals surface area (Å²) < 4.78 is 11.2. The van der Waals surface area contributed by atoms with Gasteiger partial charge in [-0.1, -0.05) is 0 Å². The van der Waals surface area contributed by atoms with Gasteiger partial charge in [-0.2, -0.15) is 0 Å². The molecule has 0 spiro atoms. The number of carbonyl (C=O) groups excluding carboxylic acids is 1. The van der Waals surface area contributed by atoms with Crippen molar-refractivity contribution in [3.63, 3.8) is 0 Å². The Labute approximate surface area is 130 Å². The minimum atomic E-state index is -0.977. The molecular weight excluding hydrogens is 304 g/mol. The first-order valence-corrected chi connectivity index (χ1v) is 6.89. The summed E-state index contributed by atoms with van der Waals surface area (Å²) >= 11 is 0. The van der Waals surface area contributed by atoms with Gasteiger partial charge in [0, 0.05) is 17.7 Å². The average Bonchev–Trinajstić information content (AvgIpc) is 2.48. The Kier molecular flexibility index (Phi) is 2.70. The van der Waals surface area contributed by atoms with Crippen molar-refractivity contribution in [1.82, 2.24) is 0 Å². The van der Waals surface area contributed by atoms with E-state index in [-0.39, 0.29) is 40.9 Å². The summed E-state index contributed by atoms with van der Waals surface area (Å²) in [6.07, 6.45) is -1.82. The summed E-state index contributed by atoms with van der Waals surface area (Å²) in [5, 5.41) is 38.7. The Balaban J connectivity index is 1.87. The van der Waals surface area contributed by atoms with Crippen molar-refractivity contribution in [2.45, 2.75) is 18.8 Å². The molecule has 4 N–H and O–H groups in total. The summed E-state index contributed by atoms with van der Waals surface area (Å²) in [7, 11) is 0. The summed E-state index contributed by atoms with van der Waals surface area (Å²) in [5.74, 6) is -1.66. The number of carbonyl (C=O) groups is 1. The van der Waals surface area contributed by atoms with Gasteiger partial charge >= 0.3 is 0 Å². The van der Waals surface area contributed by atoms with Crippen LogP contribution in [0.4, 0.5) is 0 Å². The molecule has 118 valence electrons. The fourth-order valence-corrected chi connectivity index (χ4v) is 3.00. The molecule has 2 aliphatic rings. The number of phenols is 4. The van der Waals surface area contributed by atoms with Gasteiger partial charge in [-0.05, 0) is 17.7 Å². The maximum absolute atomic E-state index is 12.6. The fourth-order valence-electron chi connectivity index (χ4n) is 3.00. The number of ether oxygens (including phenoxy) is 2. The predicted octanol–water partition coefficient (Wildman–Crippen LogP) is 1.72. The van der Waals surface area contributed by atoms with E-state index in [1.54, 1.807) is 0 Å². The van der Waals surface area contributed by atoms with Crippen LogP contribution in [0.2, 0.25) is 0 Å². The molecule has 0 fully saturated rings. The first-order valence-electron chi connectivity index (χ1n) is 6.89. The number of benzene rings is 2. The number of Topliss-reactive ketones (excluding diaryl/α,β-unsaturated/α-hetero) is 1. The number of ketones is 1. The predicted molar refractivity (Wildman–Crippen MR) is 75.8 cm³/mol. The third-order valence-corrected chi connectivity index (χ3v) is 4.06. The second-order valence-corrected chi connectivity index (χ2v) is 5.51. The van der Waals surface area contributed by atoms with Crippen LogP contribution >= 0.6 is 0 Å². The van der Waals surface area contributed by atoms with Crippen molar-refractivity contribution in [3.8, 4) is 28.7 Å². The molecule has 2 heterocycles. The van der Waals surface area contributed by atoms with Crippen LogP contribution in [-0.4, -0.2) is 32.3 Å². The molecule has 0 amide bonds. The lowest BCUT2D eigenvalue weighted by Crippen LogP contribution is -2.41. The highest BCUT2D eigenvalue weighted by Crippen LogP contribution is 2.46. The van der Waals surface area contributed by atoms with E-state index in [1.807, 2.05) is 0 Å². The summed E-state index contributed by atoms with van der Waals surface area (Å²) in [6, 6.07) is 4.97. The highest BCUT2D eigenvalue weighted by molar-refractivity contribution is 6.06.